The van der Waals surface area contributed by atoms with Crippen LogP contribution in [0.1, 0.15) is 53.0 Å². The zero-order valence-corrected chi connectivity index (χ0v) is 17.2. The fraction of sp³-hybridized carbons (Fsp3) is 0.565. The minimum atomic E-state index is -0.385. The first-order valence-corrected chi connectivity index (χ1v) is 11.0. The molecule has 1 unspecified atom stereocenters. The summed E-state index contributed by atoms with van der Waals surface area (Å²) in [6.45, 7) is 3.52. The normalized spacial score (nSPS) is 23.7. The van der Waals surface area contributed by atoms with Crippen LogP contribution in [0.3, 0.4) is 0 Å². The van der Waals surface area contributed by atoms with Gasteiger partial charge in [-0.05, 0) is 61.6 Å². The van der Waals surface area contributed by atoms with Gasteiger partial charge in [-0.1, -0.05) is 12.1 Å². The predicted octanol–water partition coefficient (Wildman–Crippen LogP) is 2.53. The number of hydrogen-bond acceptors (Lipinski definition) is 4. The van der Waals surface area contributed by atoms with Gasteiger partial charge in [0.05, 0.1) is 6.10 Å². The third kappa shape index (κ3) is 3.76. The van der Waals surface area contributed by atoms with Crippen LogP contribution in [0.25, 0.3) is 0 Å². The van der Waals surface area contributed by atoms with Gasteiger partial charge in [0.25, 0.3) is 5.91 Å². The number of amides is 1. The van der Waals surface area contributed by atoms with Crippen molar-refractivity contribution < 1.29 is 14.3 Å². The second kappa shape index (κ2) is 7.78. The van der Waals surface area contributed by atoms with Crippen LogP contribution in [0.2, 0.25) is 0 Å². The van der Waals surface area contributed by atoms with Crippen LogP contribution in [0.5, 0.6) is 0 Å². The molecule has 2 saturated heterocycles. The molecule has 2 aliphatic heterocycles. The van der Waals surface area contributed by atoms with E-state index in [9.17, 15) is 14.3 Å². The third-order valence-electron chi connectivity index (χ3n) is 7.11. The number of H-pyrrole nitrogens is 1. The highest BCUT2D eigenvalue weighted by Gasteiger charge is 2.42. The first-order chi connectivity index (χ1) is 14.5. The molecule has 6 nitrogen and oxygen atoms in total. The molecule has 1 atom stereocenters. The quantitative estimate of drug-likeness (QED) is 0.813. The van der Waals surface area contributed by atoms with Crippen LogP contribution < -0.4 is 0 Å². The Balaban J connectivity index is 1.24. The fourth-order valence-corrected chi connectivity index (χ4v) is 5.67. The Kier molecular flexibility index (Phi) is 5.11. The highest BCUT2D eigenvalue weighted by atomic mass is 19.1. The second-order valence-corrected chi connectivity index (χ2v) is 9.33. The van der Waals surface area contributed by atoms with Crippen LogP contribution in [0, 0.1) is 11.2 Å². The summed E-state index contributed by atoms with van der Waals surface area (Å²) >= 11 is 0. The lowest BCUT2D eigenvalue weighted by Gasteiger charge is -2.49. The molecule has 2 N–H and O–H groups in total. The Labute approximate surface area is 176 Å². The molecular weight excluding hydrogens is 383 g/mol. The summed E-state index contributed by atoms with van der Waals surface area (Å²) < 4.78 is 13.6. The van der Waals surface area contributed by atoms with E-state index in [1.54, 1.807) is 12.1 Å². The molecular formula is C23H29FN4O2. The summed E-state index contributed by atoms with van der Waals surface area (Å²) in [5.41, 5.74) is 3.77. The van der Waals surface area contributed by atoms with Crippen molar-refractivity contribution in [2.75, 3.05) is 26.2 Å². The van der Waals surface area contributed by atoms with E-state index in [0.29, 0.717) is 31.9 Å². The maximum atomic E-state index is 13.6. The number of aromatic amines is 1. The van der Waals surface area contributed by atoms with Gasteiger partial charge >= 0.3 is 0 Å². The highest BCUT2D eigenvalue weighted by Crippen LogP contribution is 2.41. The Hall–Kier alpha value is -2.25. The summed E-state index contributed by atoms with van der Waals surface area (Å²) in [7, 11) is 0. The van der Waals surface area contributed by atoms with Crippen molar-refractivity contribution >= 4 is 5.91 Å². The third-order valence-corrected chi connectivity index (χ3v) is 7.11. The number of carbonyl (C=O) groups excluding carboxylic acids is 1. The maximum absolute atomic E-state index is 13.6. The molecule has 1 aromatic carbocycles. The van der Waals surface area contributed by atoms with Crippen molar-refractivity contribution in [1.29, 1.82) is 0 Å². The summed E-state index contributed by atoms with van der Waals surface area (Å²) in [5.74, 6) is -0.186. The number of halogens is 1. The van der Waals surface area contributed by atoms with Crippen LogP contribution in [0.4, 0.5) is 4.39 Å². The van der Waals surface area contributed by atoms with Gasteiger partial charge in [0.1, 0.15) is 5.82 Å². The molecule has 3 aliphatic rings. The number of fused-ring (bicyclic) bond motifs is 1. The minimum absolute atomic E-state index is 0.00922. The fourth-order valence-electron chi connectivity index (χ4n) is 5.67. The number of aliphatic hydroxyl groups is 1. The zero-order chi connectivity index (χ0) is 20.7. The Morgan fingerprint density at radius 2 is 2.13 bits per heavy atom. The monoisotopic (exact) mass is 412 g/mol. The van der Waals surface area contributed by atoms with Gasteiger partial charge in [-0.25, -0.2) is 4.39 Å². The topological polar surface area (TPSA) is 72.5 Å². The number of benzene rings is 1. The molecule has 2 aromatic rings. The molecule has 1 spiro atoms. The molecule has 5 rings (SSSR count). The van der Waals surface area contributed by atoms with Gasteiger partial charge < -0.3 is 10.0 Å². The number of hydrogen-bond donors (Lipinski definition) is 2. The number of carbonyl (C=O) groups is 1. The van der Waals surface area contributed by atoms with E-state index in [4.69, 9.17) is 0 Å². The largest absolute Gasteiger partial charge is 0.392 e. The van der Waals surface area contributed by atoms with Gasteiger partial charge in [0.2, 0.25) is 0 Å². The first-order valence-electron chi connectivity index (χ1n) is 11.0. The van der Waals surface area contributed by atoms with E-state index in [-0.39, 0.29) is 23.2 Å². The number of aromatic nitrogens is 2. The number of rotatable bonds is 3. The molecule has 7 heteroatoms. The van der Waals surface area contributed by atoms with Gasteiger partial charge in [-0.2, -0.15) is 5.10 Å². The maximum Gasteiger partial charge on any atom is 0.274 e. The van der Waals surface area contributed by atoms with Crippen molar-refractivity contribution in [3.8, 4) is 0 Å². The SMILES string of the molecule is O=C(c1n[nH]c2c1CCC2)N1CCC2(CC1)CC(O)CN(Cc1cccc(F)c1)C2. The minimum Gasteiger partial charge on any atom is -0.392 e. The number of likely N-dealkylation sites (tertiary alicyclic amines) is 2. The summed E-state index contributed by atoms with van der Waals surface area (Å²) in [5, 5.41) is 17.9. The number of nitrogens with one attached hydrogen (secondary N) is 1. The number of piperidine rings is 2. The van der Waals surface area contributed by atoms with Crippen LogP contribution in [0.15, 0.2) is 24.3 Å². The Bertz CT molecular complexity index is 935. The first kappa shape index (κ1) is 19.7. The lowest BCUT2D eigenvalue weighted by atomic mass is 9.71. The molecule has 2 fully saturated rings. The van der Waals surface area contributed by atoms with Gasteiger partial charge in [0.15, 0.2) is 5.69 Å². The van der Waals surface area contributed by atoms with Gasteiger partial charge in [-0.3, -0.25) is 14.8 Å². The van der Waals surface area contributed by atoms with Crippen molar-refractivity contribution in [3.63, 3.8) is 0 Å². The predicted molar refractivity (Wildman–Crippen MR) is 110 cm³/mol. The number of nitrogens with zero attached hydrogens (tertiary/aromatic N) is 3. The van der Waals surface area contributed by atoms with E-state index in [1.807, 2.05) is 11.0 Å². The van der Waals surface area contributed by atoms with Crippen LogP contribution in [-0.4, -0.2) is 63.3 Å². The van der Waals surface area contributed by atoms with Crippen molar-refractivity contribution in [1.82, 2.24) is 20.0 Å². The standard InChI is InChI=1S/C23H29FN4O2/c24-17-4-1-3-16(11-17)13-27-14-18(29)12-23(15-27)7-9-28(10-8-23)22(30)21-19-5-2-6-20(19)25-26-21/h1,3-4,11,18,29H,2,5-10,12-15H2,(H,25,26). The molecule has 160 valence electrons. The Morgan fingerprint density at radius 3 is 2.93 bits per heavy atom. The Morgan fingerprint density at radius 1 is 1.30 bits per heavy atom. The summed E-state index contributed by atoms with van der Waals surface area (Å²) in [6.07, 6.45) is 5.15. The van der Waals surface area contributed by atoms with E-state index >= 15 is 0 Å². The smallest absolute Gasteiger partial charge is 0.274 e. The van der Waals surface area contributed by atoms with Crippen molar-refractivity contribution in [2.45, 2.75) is 51.2 Å². The highest BCUT2D eigenvalue weighted by molar-refractivity contribution is 5.94. The molecule has 1 amide bonds. The molecule has 3 heterocycles. The van der Waals surface area contributed by atoms with Crippen molar-refractivity contribution in [3.05, 3.63) is 52.6 Å². The van der Waals surface area contributed by atoms with E-state index in [0.717, 1.165) is 61.9 Å². The van der Waals surface area contributed by atoms with Crippen LogP contribution in [-0.2, 0) is 19.4 Å². The average molecular weight is 413 g/mol. The van der Waals surface area contributed by atoms with E-state index in [1.165, 1.54) is 6.07 Å². The molecule has 1 aromatic heterocycles. The molecule has 0 saturated carbocycles. The number of β-amino-alcohol motifs (C(OH)–C–C–N with tert-alkyl or cyclic N) is 1. The van der Waals surface area contributed by atoms with Gasteiger partial charge in [0, 0.05) is 44.0 Å². The second-order valence-electron chi connectivity index (χ2n) is 9.33. The van der Waals surface area contributed by atoms with Crippen LogP contribution >= 0.6 is 0 Å². The van der Waals surface area contributed by atoms with Crippen molar-refractivity contribution in [2.24, 2.45) is 5.41 Å². The van der Waals surface area contributed by atoms with E-state index in [2.05, 4.69) is 15.1 Å². The number of aliphatic hydroxyl groups excluding tert-OH is 1. The summed E-state index contributed by atoms with van der Waals surface area (Å²) in [6, 6.07) is 6.69. The molecule has 30 heavy (non-hydrogen) atoms. The summed E-state index contributed by atoms with van der Waals surface area (Å²) in [4.78, 5) is 17.2. The zero-order valence-electron chi connectivity index (χ0n) is 17.2. The molecule has 0 radical (unpaired) electrons. The molecule has 1 aliphatic carbocycles. The van der Waals surface area contributed by atoms with E-state index < -0.39 is 0 Å². The lowest BCUT2D eigenvalue weighted by molar-refractivity contribution is -0.0404. The lowest BCUT2D eigenvalue weighted by Crippen LogP contribution is -2.54. The average Bonchev–Trinajstić information content (AvgIpc) is 3.31. The molecule has 0 bridgehead atoms. The van der Waals surface area contributed by atoms with Gasteiger partial charge in [-0.15, -0.1) is 0 Å². The number of aryl methyl sites for hydroxylation is 1.